The van der Waals surface area contributed by atoms with Gasteiger partial charge in [0.2, 0.25) is 5.91 Å². The lowest BCUT2D eigenvalue weighted by Gasteiger charge is -2.35. The molecule has 0 aromatic heterocycles. The van der Waals surface area contributed by atoms with E-state index in [1.165, 1.54) is 0 Å². The van der Waals surface area contributed by atoms with Crippen LogP contribution in [-0.2, 0) is 4.79 Å². The Labute approximate surface area is 149 Å². The van der Waals surface area contributed by atoms with Gasteiger partial charge in [0.05, 0.1) is 20.0 Å². The number of hydrogen-bond donors (Lipinski definition) is 0. The van der Waals surface area contributed by atoms with Gasteiger partial charge < -0.3 is 19.3 Å². The molecule has 0 saturated carbocycles. The summed E-state index contributed by atoms with van der Waals surface area (Å²) in [4.78, 5) is 16.6. The van der Waals surface area contributed by atoms with Gasteiger partial charge in [0.1, 0.15) is 16.9 Å². The summed E-state index contributed by atoms with van der Waals surface area (Å²) in [5, 5.41) is -0.0380. The number of nitrogens with zero attached hydrogens (tertiary/aromatic N) is 2. The van der Waals surface area contributed by atoms with Crippen LogP contribution in [-0.4, -0.2) is 62.9 Å². The summed E-state index contributed by atoms with van der Waals surface area (Å²) >= 11 is 1.65. The number of amides is 1. The van der Waals surface area contributed by atoms with Gasteiger partial charge in [-0.3, -0.25) is 4.79 Å². The van der Waals surface area contributed by atoms with Crippen LogP contribution in [0.4, 0.5) is 0 Å². The largest absolute Gasteiger partial charge is 0.497 e. The van der Waals surface area contributed by atoms with Crippen LogP contribution in [0.2, 0.25) is 0 Å². The third-order valence-electron chi connectivity index (χ3n) is 4.01. The van der Waals surface area contributed by atoms with Gasteiger partial charge in [0.15, 0.2) is 0 Å². The summed E-state index contributed by atoms with van der Waals surface area (Å²) in [5.41, 5.74) is 1.00. The number of carbonyl (C=O) groups is 1. The van der Waals surface area contributed by atoms with Crippen LogP contribution < -0.4 is 9.47 Å². The van der Waals surface area contributed by atoms with Crippen LogP contribution in [0.15, 0.2) is 18.2 Å². The first-order chi connectivity index (χ1) is 11.3. The molecular weight excluding hydrogens is 324 g/mol. The van der Waals surface area contributed by atoms with E-state index in [1.54, 1.807) is 26.0 Å². The normalized spacial score (nSPS) is 18.4. The monoisotopic (exact) mass is 352 g/mol. The Morgan fingerprint density at radius 1 is 1.29 bits per heavy atom. The number of thioether (sulfide) groups is 1. The predicted octanol–water partition coefficient (Wildman–Crippen LogP) is 2.87. The van der Waals surface area contributed by atoms with E-state index in [0.717, 1.165) is 23.6 Å². The first-order valence-electron chi connectivity index (χ1n) is 8.05. The maximum atomic E-state index is 12.5. The van der Waals surface area contributed by atoms with E-state index in [9.17, 15) is 4.79 Å². The van der Waals surface area contributed by atoms with E-state index >= 15 is 0 Å². The molecule has 24 heavy (non-hydrogen) atoms. The number of hydrogen-bond acceptors (Lipinski definition) is 5. The molecule has 2 rings (SSSR count). The Bertz CT molecular complexity index is 590. The van der Waals surface area contributed by atoms with E-state index in [-0.39, 0.29) is 16.7 Å². The minimum Gasteiger partial charge on any atom is -0.497 e. The molecule has 1 fully saturated rings. The third kappa shape index (κ3) is 4.36. The van der Waals surface area contributed by atoms with Crippen LogP contribution in [0, 0.1) is 5.41 Å². The summed E-state index contributed by atoms with van der Waals surface area (Å²) in [5.74, 6) is 2.25. The maximum Gasteiger partial charge on any atom is 0.233 e. The van der Waals surface area contributed by atoms with Crippen LogP contribution in [0.3, 0.4) is 0 Å². The first-order valence-corrected chi connectivity index (χ1v) is 9.10. The molecule has 0 radical (unpaired) electrons. The molecule has 1 unspecified atom stereocenters. The molecule has 5 nitrogen and oxygen atoms in total. The van der Waals surface area contributed by atoms with Gasteiger partial charge in [0.25, 0.3) is 0 Å². The van der Waals surface area contributed by atoms with Crippen molar-refractivity contribution in [3.63, 3.8) is 0 Å². The van der Waals surface area contributed by atoms with E-state index in [2.05, 4.69) is 32.8 Å². The Kier molecular flexibility index (Phi) is 6.04. The minimum atomic E-state index is -0.0380. The fourth-order valence-electron chi connectivity index (χ4n) is 3.28. The van der Waals surface area contributed by atoms with Crippen molar-refractivity contribution in [2.45, 2.75) is 19.2 Å². The van der Waals surface area contributed by atoms with Gasteiger partial charge in [-0.1, -0.05) is 13.8 Å². The molecule has 0 N–H and O–H groups in total. The Morgan fingerprint density at radius 2 is 2.00 bits per heavy atom. The molecule has 1 aromatic carbocycles. The molecular formula is C18H28N2O3S. The molecule has 0 aliphatic carbocycles. The SMILES string of the molecule is COc1ccc(OC)c(C2SCC(=O)N2CC(C)(C)CN(C)C)c1. The highest BCUT2D eigenvalue weighted by atomic mass is 32.2. The molecule has 1 amide bonds. The second kappa shape index (κ2) is 7.66. The maximum absolute atomic E-state index is 12.5. The van der Waals surface area contributed by atoms with E-state index in [0.29, 0.717) is 12.3 Å². The van der Waals surface area contributed by atoms with Crippen molar-refractivity contribution in [3.05, 3.63) is 23.8 Å². The van der Waals surface area contributed by atoms with Crippen molar-refractivity contribution in [2.24, 2.45) is 5.41 Å². The van der Waals surface area contributed by atoms with Gasteiger partial charge in [-0.25, -0.2) is 0 Å². The molecule has 6 heteroatoms. The van der Waals surface area contributed by atoms with Gasteiger partial charge in [-0.2, -0.15) is 0 Å². The summed E-state index contributed by atoms with van der Waals surface area (Å²) < 4.78 is 10.9. The molecule has 0 bridgehead atoms. The summed E-state index contributed by atoms with van der Waals surface area (Å²) in [6, 6.07) is 5.76. The van der Waals surface area contributed by atoms with Crippen LogP contribution >= 0.6 is 11.8 Å². The second-order valence-electron chi connectivity index (χ2n) is 7.19. The van der Waals surface area contributed by atoms with Crippen LogP contribution in [0.25, 0.3) is 0 Å². The highest BCUT2D eigenvalue weighted by Crippen LogP contribution is 2.44. The van der Waals surface area contributed by atoms with Gasteiger partial charge in [0, 0.05) is 18.7 Å². The number of carbonyl (C=O) groups excluding carboxylic acids is 1. The van der Waals surface area contributed by atoms with Crippen molar-refractivity contribution < 1.29 is 14.3 Å². The van der Waals surface area contributed by atoms with E-state index < -0.39 is 0 Å². The second-order valence-corrected chi connectivity index (χ2v) is 8.26. The lowest BCUT2D eigenvalue weighted by atomic mass is 9.92. The zero-order valence-corrected chi connectivity index (χ0v) is 16.3. The van der Waals surface area contributed by atoms with Gasteiger partial charge >= 0.3 is 0 Å². The molecule has 1 aliphatic heterocycles. The Hall–Kier alpha value is -1.40. The molecule has 1 atom stereocenters. The summed E-state index contributed by atoms with van der Waals surface area (Å²) in [6.07, 6.45) is 0. The highest BCUT2D eigenvalue weighted by molar-refractivity contribution is 8.00. The Balaban J connectivity index is 2.30. The average molecular weight is 353 g/mol. The highest BCUT2D eigenvalue weighted by Gasteiger charge is 2.38. The van der Waals surface area contributed by atoms with Crippen molar-refractivity contribution >= 4 is 17.7 Å². The van der Waals surface area contributed by atoms with Crippen molar-refractivity contribution in [1.29, 1.82) is 0 Å². The van der Waals surface area contributed by atoms with Gasteiger partial charge in [-0.05, 0) is 37.7 Å². The summed E-state index contributed by atoms with van der Waals surface area (Å²) in [7, 11) is 7.43. The molecule has 134 valence electrons. The number of benzene rings is 1. The van der Waals surface area contributed by atoms with Crippen LogP contribution in [0.5, 0.6) is 11.5 Å². The fourth-order valence-corrected chi connectivity index (χ4v) is 4.48. The molecule has 1 saturated heterocycles. The van der Waals surface area contributed by atoms with Crippen LogP contribution in [0.1, 0.15) is 24.8 Å². The molecule has 0 spiro atoms. The topological polar surface area (TPSA) is 42.0 Å². The Morgan fingerprint density at radius 3 is 2.58 bits per heavy atom. The van der Waals surface area contributed by atoms with Crippen molar-refractivity contribution in [3.8, 4) is 11.5 Å². The van der Waals surface area contributed by atoms with Crippen molar-refractivity contribution in [1.82, 2.24) is 9.80 Å². The average Bonchev–Trinajstić information content (AvgIpc) is 2.85. The third-order valence-corrected chi connectivity index (χ3v) is 5.25. The lowest BCUT2D eigenvalue weighted by Crippen LogP contribution is -2.41. The van der Waals surface area contributed by atoms with E-state index in [1.807, 2.05) is 23.1 Å². The zero-order valence-electron chi connectivity index (χ0n) is 15.5. The quantitative estimate of drug-likeness (QED) is 0.755. The van der Waals surface area contributed by atoms with Crippen molar-refractivity contribution in [2.75, 3.05) is 47.2 Å². The van der Waals surface area contributed by atoms with Gasteiger partial charge in [-0.15, -0.1) is 11.8 Å². The first kappa shape index (κ1) is 18.9. The predicted molar refractivity (Wildman–Crippen MR) is 98.8 cm³/mol. The molecule has 1 aromatic rings. The lowest BCUT2D eigenvalue weighted by molar-refractivity contribution is -0.129. The number of rotatable bonds is 7. The summed E-state index contributed by atoms with van der Waals surface area (Å²) in [6.45, 7) is 6.03. The zero-order chi connectivity index (χ0) is 17.9. The smallest absolute Gasteiger partial charge is 0.233 e. The minimum absolute atomic E-state index is 0.00835. The number of ether oxygens (including phenoxy) is 2. The molecule has 1 heterocycles. The number of methoxy groups -OCH3 is 2. The standard InChI is InChI=1S/C18H28N2O3S/c1-18(2,11-19(3)4)12-20-16(21)10-24-17(20)14-9-13(22-5)7-8-15(14)23-6/h7-9,17H,10-12H2,1-6H3. The molecule has 1 aliphatic rings. The fraction of sp³-hybridized carbons (Fsp3) is 0.611. The van der Waals surface area contributed by atoms with E-state index in [4.69, 9.17) is 9.47 Å².